The third-order valence-electron chi connectivity index (χ3n) is 3.29. The molecule has 3 nitrogen and oxygen atoms in total. The van der Waals surface area contributed by atoms with Crippen LogP contribution in [-0.2, 0) is 6.54 Å². The summed E-state index contributed by atoms with van der Waals surface area (Å²) in [5.41, 5.74) is 1.87. The second kappa shape index (κ2) is 6.64. The molecule has 20 heavy (non-hydrogen) atoms. The van der Waals surface area contributed by atoms with Crippen LogP contribution in [0.2, 0.25) is 5.02 Å². The van der Waals surface area contributed by atoms with E-state index in [0.29, 0.717) is 11.6 Å². The molecule has 0 aliphatic carbocycles. The fourth-order valence-corrected chi connectivity index (χ4v) is 2.22. The van der Waals surface area contributed by atoms with Crippen molar-refractivity contribution in [1.82, 2.24) is 5.32 Å². The first-order valence-electron chi connectivity index (χ1n) is 6.45. The molecule has 0 aromatic heterocycles. The van der Waals surface area contributed by atoms with Gasteiger partial charge in [-0.25, -0.2) is 0 Å². The van der Waals surface area contributed by atoms with Crippen LogP contribution in [0.1, 0.15) is 24.1 Å². The summed E-state index contributed by atoms with van der Waals surface area (Å²) in [4.78, 5) is 0. The fourth-order valence-electron chi connectivity index (χ4n) is 1.99. The number of halogens is 1. The van der Waals surface area contributed by atoms with Gasteiger partial charge in [-0.15, -0.1) is 0 Å². The highest BCUT2D eigenvalue weighted by atomic mass is 35.5. The summed E-state index contributed by atoms with van der Waals surface area (Å²) in [6.07, 6.45) is 0. The van der Waals surface area contributed by atoms with Gasteiger partial charge in [0, 0.05) is 23.2 Å². The minimum atomic E-state index is 0.150. The Morgan fingerprint density at radius 3 is 2.50 bits per heavy atom. The Balaban J connectivity index is 2.02. The summed E-state index contributed by atoms with van der Waals surface area (Å²) < 4.78 is 5.14. The van der Waals surface area contributed by atoms with Gasteiger partial charge in [-0.3, -0.25) is 0 Å². The lowest BCUT2D eigenvalue weighted by molar-refractivity contribution is 0.414. The summed E-state index contributed by atoms with van der Waals surface area (Å²) in [6.45, 7) is 2.58. The summed E-state index contributed by atoms with van der Waals surface area (Å²) in [5.74, 6) is 1.05. The van der Waals surface area contributed by atoms with Gasteiger partial charge in [0.25, 0.3) is 0 Å². The molecule has 0 bridgehead atoms. The van der Waals surface area contributed by atoms with Gasteiger partial charge in [-0.1, -0.05) is 29.8 Å². The van der Waals surface area contributed by atoms with Crippen molar-refractivity contribution in [3.8, 4) is 11.5 Å². The van der Waals surface area contributed by atoms with Gasteiger partial charge < -0.3 is 15.2 Å². The van der Waals surface area contributed by atoms with Crippen molar-refractivity contribution < 1.29 is 9.84 Å². The monoisotopic (exact) mass is 291 g/mol. The lowest BCUT2D eigenvalue weighted by Gasteiger charge is -2.16. The van der Waals surface area contributed by atoms with Crippen molar-refractivity contribution in [1.29, 1.82) is 0 Å². The molecule has 1 atom stereocenters. The first-order chi connectivity index (χ1) is 9.61. The average molecular weight is 292 g/mol. The summed E-state index contributed by atoms with van der Waals surface area (Å²) in [6, 6.07) is 13.2. The Morgan fingerprint density at radius 1 is 1.20 bits per heavy atom. The van der Waals surface area contributed by atoms with Crippen LogP contribution < -0.4 is 10.1 Å². The van der Waals surface area contributed by atoms with Crippen LogP contribution in [0.15, 0.2) is 42.5 Å². The molecule has 0 unspecified atom stereocenters. The summed E-state index contributed by atoms with van der Waals surface area (Å²) in [5, 5.41) is 13.7. The Hall–Kier alpha value is -1.71. The van der Waals surface area contributed by atoms with E-state index in [1.165, 1.54) is 0 Å². The molecular formula is C16H18ClNO2. The SMILES string of the molecule is COc1ccc([C@H](C)NCc2c(O)cccc2Cl)cc1. The standard InChI is InChI=1S/C16H18ClNO2/c1-11(12-6-8-13(20-2)9-7-12)18-10-14-15(17)4-3-5-16(14)19/h3-9,11,18-19H,10H2,1-2H3/t11-/m0/s1. The number of rotatable bonds is 5. The number of phenols is 1. The summed E-state index contributed by atoms with van der Waals surface area (Å²) in [7, 11) is 1.65. The number of ether oxygens (including phenoxy) is 1. The molecule has 4 heteroatoms. The molecule has 0 amide bonds. The molecule has 0 saturated carbocycles. The van der Waals surface area contributed by atoms with E-state index in [1.807, 2.05) is 24.3 Å². The summed E-state index contributed by atoms with van der Waals surface area (Å²) >= 11 is 6.08. The number of methoxy groups -OCH3 is 1. The Morgan fingerprint density at radius 2 is 1.90 bits per heavy atom. The van der Waals surface area contributed by atoms with Gasteiger partial charge in [0.2, 0.25) is 0 Å². The zero-order valence-corrected chi connectivity index (χ0v) is 12.3. The molecule has 0 heterocycles. The highest BCUT2D eigenvalue weighted by Crippen LogP contribution is 2.26. The molecule has 2 rings (SSSR count). The Bertz CT molecular complexity index is 549. The highest BCUT2D eigenvalue weighted by molar-refractivity contribution is 6.31. The first kappa shape index (κ1) is 14.7. The predicted molar refractivity (Wildman–Crippen MR) is 81.4 cm³/mol. The van der Waals surface area contributed by atoms with Gasteiger partial charge >= 0.3 is 0 Å². The maximum atomic E-state index is 9.80. The Labute approximate surface area is 124 Å². The van der Waals surface area contributed by atoms with E-state index in [4.69, 9.17) is 16.3 Å². The van der Waals surface area contributed by atoms with Crippen molar-refractivity contribution in [3.05, 3.63) is 58.6 Å². The van der Waals surface area contributed by atoms with Gasteiger partial charge in [-0.05, 0) is 36.8 Å². The second-order valence-corrected chi connectivity index (χ2v) is 5.02. The van der Waals surface area contributed by atoms with Gasteiger partial charge in [-0.2, -0.15) is 0 Å². The average Bonchev–Trinajstić information content (AvgIpc) is 2.46. The third kappa shape index (κ3) is 3.44. The second-order valence-electron chi connectivity index (χ2n) is 4.61. The van der Waals surface area contributed by atoms with E-state index in [2.05, 4.69) is 12.2 Å². The molecular weight excluding hydrogens is 274 g/mol. The number of benzene rings is 2. The van der Waals surface area contributed by atoms with Crippen LogP contribution in [0, 0.1) is 0 Å². The molecule has 0 fully saturated rings. The number of hydrogen-bond acceptors (Lipinski definition) is 3. The van der Waals surface area contributed by atoms with Crippen molar-refractivity contribution in [2.24, 2.45) is 0 Å². The minimum Gasteiger partial charge on any atom is -0.508 e. The van der Waals surface area contributed by atoms with Crippen LogP contribution in [0.4, 0.5) is 0 Å². The van der Waals surface area contributed by atoms with Gasteiger partial charge in [0.1, 0.15) is 11.5 Å². The van der Waals surface area contributed by atoms with Crippen molar-refractivity contribution in [2.45, 2.75) is 19.5 Å². The van der Waals surface area contributed by atoms with E-state index >= 15 is 0 Å². The number of aromatic hydroxyl groups is 1. The van der Waals surface area contributed by atoms with Gasteiger partial charge in [0.05, 0.1) is 7.11 Å². The highest BCUT2D eigenvalue weighted by Gasteiger charge is 2.09. The Kier molecular flexibility index (Phi) is 4.88. The van der Waals surface area contributed by atoms with Crippen molar-refractivity contribution in [3.63, 3.8) is 0 Å². The van der Waals surface area contributed by atoms with Crippen LogP contribution in [0.3, 0.4) is 0 Å². The molecule has 0 aliphatic heterocycles. The van der Waals surface area contributed by atoms with E-state index in [-0.39, 0.29) is 11.8 Å². The molecule has 0 saturated heterocycles. The topological polar surface area (TPSA) is 41.5 Å². The number of hydrogen-bond donors (Lipinski definition) is 2. The van der Waals surface area contributed by atoms with Gasteiger partial charge in [0.15, 0.2) is 0 Å². The van der Waals surface area contributed by atoms with E-state index in [1.54, 1.807) is 25.3 Å². The first-order valence-corrected chi connectivity index (χ1v) is 6.83. The predicted octanol–water partition coefficient (Wildman–Crippen LogP) is 3.91. The van der Waals surface area contributed by atoms with Crippen LogP contribution >= 0.6 is 11.6 Å². The van der Waals surface area contributed by atoms with Crippen LogP contribution in [0.25, 0.3) is 0 Å². The van der Waals surface area contributed by atoms with Crippen molar-refractivity contribution >= 4 is 11.6 Å². The maximum absolute atomic E-state index is 9.80. The molecule has 0 spiro atoms. The quantitative estimate of drug-likeness (QED) is 0.878. The minimum absolute atomic E-state index is 0.150. The van der Waals surface area contributed by atoms with E-state index < -0.39 is 0 Å². The molecule has 0 radical (unpaired) electrons. The number of nitrogens with one attached hydrogen (secondary N) is 1. The van der Waals surface area contributed by atoms with E-state index in [9.17, 15) is 5.11 Å². The maximum Gasteiger partial charge on any atom is 0.121 e. The lowest BCUT2D eigenvalue weighted by Crippen LogP contribution is -2.18. The van der Waals surface area contributed by atoms with Crippen molar-refractivity contribution in [2.75, 3.05) is 7.11 Å². The van der Waals surface area contributed by atoms with Crippen LogP contribution in [-0.4, -0.2) is 12.2 Å². The third-order valence-corrected chi connectivity index (χ3v) is 3.65. The zero-order chi connectivity index (χ0) is 14.5. The number of phenolic OH excluding ortho intramolecular Hbond substituents is 1. The molecule has 2 aromatic rings. The smallest absolute Gasteiger partial charge is 0.121 e. The molecule has 2 aromatic carbocycles. The van der Waals surface area contributed by atoms with E-state index in [0.717, 1.165) is 16.9 Å². The lowest BCUT2D eigenvalue weighted by atomic mass is 10.1. The largest absolute Gasteiger partial charge is 0.508 e. The fraction of sp³-hybridized carbons (Fsp3) is 0.250. The molecule has 0 aliphatic rings. The molecule has 2 N–H and O–H groups in total. The zero-order valence-electron chi connectivity index (χ0n) is 11.6. The van der Waals surface area contributed by atoms with Crippen LogP contribution in [0.5, 0.6) is 11.5 Å². The molecule has 106 valence electrons. The normalized spacial score (nSPS) is 12.2.